The summed E-state index contributed by atoms with van der Waals surface area (Å²) >= 11 is 0. The highest BCUT2D eigenvalue weighted by Crippen LogP contribution is 2.29. The third-order valence-corrected chi connectivity index (χ3v) is 4.02. The number of carbonyl (C=O) groups excluding carboxylic acids is 1. The standard InChI is InChI=1S/C22H29NO4/c1-6-19(27-18-10-7-16(4)8-11-18)22(24)23-14-17-9-12-20(26-15(2)3)21(13-17)25-5/h7-13,15,19H,6,14H2,1-5H3,(H,23,24)/t19-/m1/s1. The van der Waals surface area contributed by atoms with E-state index in [0.29, 0.717) is 30.2 Å². The van der Waals surface area contributed by atoms with Crippen molar-refractivity contribution >= 4 is 5.91 Å². The van der Waals surface area contributed by atoms with Crippen molar-refractivity contribution in [2.75, 3.05) is 7.11 Å². The van der Waals surface area contributed by atoms with Gasteiger partial charge < -0.3 is 19.5 Å². The van der Waals surface area contributed by atoms with E-state index >= 15 is 0 Å². The van der Waals surface area contributed by atoms with E-state index in [4.69, 9.17) is 14.2 Å². The van der Waals surface area contributed by atoms with Crippen molar-refractivity contribution in [2.45, 2.75) is 52.9 Å². The van der Waals surface area contributed by atoms with Gasteiger partial charge in [0.15, 0.2) is 17.6 Å². The highest BCUT2D eigenvalue weighted by molar-refractivity contribution is 5.81. The molecular weight excluding hydrogens is 342 g/mol. The molecule has 0 bridgehead atoms. The average molecular weight is 371 g/mol. The van der Waals surface area contributed by atoms with Crippen LogP contribution >= 0.6 is 0 Å². The summed E-state index contributed by atoms with van der Waals surface area (Å²) in [6, 6.07) is 13.3. The molecule has 0 aromatic heterocycles. The molecule has 0 aliphatic rings. The maximum atomic E-state index is 12.5. The molecule has 0 saturated heterocycles. The molecule has 0 heterocycles. The van der Waals surface area contributed by atoms with E-state index in [1.165, 1.54) is 0 Å². The maximum Gasteiger partial charge on any atom is 0.261 e. The highest BCUT2D eigenvalue weighted by Gasteiger charge is 2.18. The first kappa shape index (κ1) is 20.6. The van der Waals surface area contributed by atoms with Crippen molar-refractivity contribution < 1.29 is 19.0 Å². The normalized spacial score (nSPS) is 11.8. The van der Waals surface area contributed by atoms with Crippen LogP contribution in [0.4, 0.5) is 0 Å². The van der Waals surface area contributed by atoms with Crippen molar-refractivity contribution in [2.24, 2.45) is 0 Å². The second-order valence-corrected chi connectivity index (χ2v) is 6.70. The van der Waals surface area contributed by atoms with Crippen molar-refractivity contribution in [1.82, 2.24) is 5.32 Å². The number of nitrogens with one attached hydrogen (secondary N) is 1. The zero-order valence-electron chi connectivity index (χ0n) is 16.7. The lowest BCUT2D eigenvalue weighted by atomic mass is 10.2. The van der Waals surface area contributed by atoms with Crippen LogP contribution in [0.5, 0.6) is 17.2 Å². The van der Waals surface area contributed by atoms with Crippen molar-refractivity contribution in [3.63, 3.8) is 0 Å². The average Bonchev–Trinajstić information content (AvgIpc) is 2.66. The molecular formula is C22H29NO4. The minimum absolute atomic E-state index is 0.0636. The molecule has 5 heteroatoms. The Labute approximate surface area is 161 Å². The van der Waals surface area contributed by atoms with Crippen molar-refractivity contribution in [1.29, 1.82) is 0 Å². The molecule has 2 aromatic carbocycles. The third kappa shape index (κ3) is 6.20. The van der Waals surface area contributed by atoms with Gasteiger partial charge in [-0.3, -0.25) is 4.79 Å². The minimum Gasteiger partial charge on any atom is -0.493 e. The van der Waals surface area contributed by atoms with Crippen LogP contribution in [0, 0.1) is 6.92 Å². The molecule has 27 heavy (non-hydrogen) atoms. The lowest BCUT2D eigenvalue weighted by Gasteiger charge is -2.18. The topological polar surface area (TPSA) is 56.8 Å². The van der Waals surface area contributed by atoms with Crippen LogP contribution in [-0.4, -0.2) is 25.2 Å². The first-order chi connectivity index (χ1) is 12.9. The van der Waals surface area contributed by atoms with Crippen LogP contribution in [0.25, 0.3) is 0 Å². The van der Waals surface area contributed by atoms with Gasteiger partial charge in [-0.05, 0) is 57.0 Å². The Morgan fingerprint density at radius 3 is 2.33 bits per heavy atom. The summed E-state index contributed by atoms with van der Waals surface area (Å²) in [5.74, 6) is 1.90. The molecule has 0 spiro atoms. The van der Waals surface area contributed by atoms with E-state index in [1.807, 2.05) is 70.2 Å². The smallest absolute Gasteiger partial charge is 0.261 e. The first-order valence-corrected chi connectivity index (χ1v) is 9.27. The van der Waals surface area contributed by atoms with E-state index in [-0.39, 0.29) is 12.0 Å². The number of benzene rings is 2. The van der Waals surface area contributed by atoms with Gasteiger partial charge in [-0.25, -0.2) is 0 Å². The zero-order chi connectivity index (χ0) is 19.8. The van der Waals surface area contributed by atoms with Crippen molar-refractivity contribution in [3.05, 3.63) is 53.6 Å². The summed E-state index contributed by atoms with van der Waals surface area (Å²) in [4.78, 5) is 12.5. The third-order valence-electron chi connectivity index (χ3n) is 4.02. The van der Waals surface area contributed by atoms with Crippen LogP contribution in [0.1, 0.15) is 38.3 Å². The van der Waals surface area contributed by atoms with Crippen LogP contribution in [0.2, 0.25) is 0 Å². The van der Waals surface area contributed by atoms with Crippen LogP contribution in [-0.2, 0) is 11.3 Å². The quantitative estimate of drug-likeness (QED) is 0.715. The van der Waals surface area contributed by atoms with Gasteiger partial charge in [0.1, 0.15) is 5.75 Å². The first-order valence-electron chi connectivity index (χ1n) is 9.27. The van der Waals surface area contributed by atoms with Gasteiger partial charge in [0, 0.05) is 6.54 Å². The number of aryl methyl sites for hydroxylation is 1. The predicted molar refractivity (Wildman–Crippen MR) is 106 cm³/mol. The number of hydrogen-bond acceptors (Lipinski definition) is 4. The van der Waals surface area contributed by atoms with Gasteiger partial charge in [0.05, 0.1) is 13.2 Å². The van der Waals surface area contributed by atoms with Gasteiger partial charge in [-0.15, -0.1) is 0 Å². The Hall–Kier alpha value is -2.69. The number of amides is 1. The molecule has 0 saturated carbocycles. The lowest BCUT2D eigenvalue weighted by molar-refractivity contribution is -0.128. The van der Waals surface area contributed by atoms with Gasteiger partial charge in [-0.2, -0.15) is 0 Å². The second kappa shape index (κ2) is 9.86. The molecule has 1 amide bonds. The molecule has 0 radical (unpaired) electrons. The van der Waals surface area contributed by atoms with Gasteiger partial charge in [0.2, 0.25) is 0 Å². The number of rotatable bonds is 9. The molecule has 0 fully saturated rings. The van der Waals surface area contributed by atoms with Gasteiger partial charge in [0.25, 0.3) is 5.91 Å². The molecule has 1 atom stereocenters. The summed E-state index contributed by atoms with van der Waals surface area (Å²) in [7, 11) is 1.60. The van der Waals surface area contributed by atoms with E-state index in [9.17, 15) is 4.79 Å². The Balaban J connectivity index is 1.97. The molecule has 0 aliphatic heterocycles. The SMILES string of the molecule is CC[C@@H](Oc1ccc(C)cc1)C(=O)NCc1ccc(OC(C)C)c(OC)c1. The lowest BCUT2D eigenvalue weighted by Crippen LogP contribution is -2.37. The van der Waals surface area contributed by atoms with Crippen LogP contribution in [0.15, 0.2) is 42.5 Å². The fraction of sp³-hybridized carbons (Fsp3) is 0.409. The van der Waals surface area contributed by atoms with E-state index < -0.39 is 6.10 Å². The second-order valence-electron chi connectivity index (χ2n) is 6.70. The highest BCUT2D eigenvalue weighted by atomic mass is 16.5. The fourth-order valence-corrected chi connectivity index (χ4v) is 2.58. The Bertz CT molecular complexity index is 740. The number of carbonyl (C=O) groups is 1. The maximum absolute atomic E-state index is 12.5. The molecule has 2 rings (SSSR count). The largest absolute Gasteiger partial charge is 0.493 e. The summed E-state index contributed by atoms with van der Waals surface area (Å²) < 4.78 is 16.9. The molecule has 5 nitrogen and oxygen atoms in total. The fourth-order valence-electron chi connectivity index (χ4n) is 2.58. The Kier molecular flexibility index (Phi) is 7.53. The summed E-state index contributed by atoms with van der Waals surface area (Å²) in [5, 5.41) is 2.93. The summed E-state index contributed by atoms with van der Waals surface area (Å²) in [6.45, 7) is 8.27. The summed E-state index contributed by atoms with van der Waals surface area (Å²) in [6.07, 6.45) is 0.122. The van der Waals surface area contributed by atoms with E-state index in [2.05, 4.69) is 5.32 Å². The Morgan fingerprint density at radius 1 is 1.04 bits per heavy atom. The van der Waals surface area contributed by atoms with Gasteiger partial charge in [-0.1, -0.05) is 30.7 Å². The number of methoxy groups -OCH3 is 1. The predicted octanol–water partition coefficient (Wildman–Crippen LogP) is 4.26. The zero-order valence-corrected chi connectivity index (χ0v) is 16.7. The van der Waals surface area contributed by atoms with E-state index in [0.717, 1.165) is 11.1 Å². The van der Waals surface area contributed by atoms with Crippen molar-refractivity contribution in [3.8, 4) is 17.2 Å². The molecule has 146 valence electrons. The Morgan fingerprint density at radius 2 is 1.74 bits per heavy atom. The molecule has 1 N–H and O–H groups in total. The van der Waals surface area contributed by atoms with Crippen LogP contribution < -0.4 is 19.5 Å². The minimum atomic E-state index is -0.529. The van der Waals surface area contributed by atoms with Crippen LogP contribution in [0.3, 0.4) is 0 Å². The molecule has 0 unspecified atom stereocenters. The van der Waals surface area contributed by atoms with Gasteiger partial charge >= 0.3 is 0 Å². The molecule has 2 aromatic rings. The number of hydrogen-bond donors (Lipinski definition) is 1. The summed E-state index contributed by atoms with van der Waals surface area (Å²) in [5.41, 5.74) is 2.08. The monoisotopic (exact) mass is 371 g/mol. The number of ether oxygens (including phenoxy) is 3. The molecule has 0 aliphatic carbocycles. The van der Waals surface area contributed by atoms with E-state index in [1.54, 1.807) is 7.11 Å².